The van der Waals surface area contributed by atoms with E-state index in [4.69, 9.17) is 0 Å². The monoisotopic (exact) mass is 491 g/mol. The second-order valence-corrected chi connectivity index (χ2v) is 10.4. The zero-order valence-corrected chi connectivity index (χ0v) is 21.5. The molecule has 7 nitrogen and oxygen atoms in total. The third-order valence-corrected chi connectivity index (χ3v) is 7.27. The lowest BCUT2D eigenvalue weighted by Crippen LogP contribution is -2.31. The number of aromatic nitrogens is 3. The molecule has 8 heteroatoms. The maximum Gasteiger partial charge on any atom is 0.232 e. The van der Waals surface area contributed by atoms with E-state index in [1.54, 1.807) is 0 Å². The lowest BCUT2D eigenvalue weighted by atomic mass is 10.0. The maximum absolute atomic E-state index is 13.2. The molecular weight excluding hydrogens is 458 g/mol. The summed E-state index contributed by atoms with van der Waals surface area (Å²) in [6.07, 6.45) is 4.28. The van der Waals surface area contributed by atoms with E-state index in [0.29, 0.717) is 12.1 Å². The van der Waals surface area contributed by atoms with Crippen LogP contribution in [0, 0.1) is 6.92 Å². The number of amides is 1. The Hall–Kier alpha value is -3.13. The van der Waals surface area contributed by atoms with Gasteiger partial charge < -0.3 is 10.2 Å². The van der Waals surface area contributed by atoms with Crippen LogP contribution in [0.5, 0.6) is 0 Å². The highest BCUT2D eigenvalue weighted by Gasteiger charge is 2.25. The van der Waals surface area contributed by atoms with Gasteiger partial charge in [-0.05, 0) is 57.2 Å². The van der Waals surface area contributed by atoms with Gasteiger partial charge in [0.1, 0.15) is 0 Å². The van der Waals surface area contributed by atoms with Crippen LogP contribution < -0.4 is 10.2 Å². The van der Waals surface area contributed by atoms with Gasteiger partial charge in [0.05, 0.1) is 10.9 Å². The van der Waals surface area contributed by atoms with Crippen molar-refractivity contribution in [2.24, 2.45) is 0 Å². The summed E-state index contributed by atoms with van der Waals surface area (Å²) in [5, 5.41) is 12.3. The lowest BCUT2D eigenvalue weighted by Gasteiger charge is -2.28. The average Bonchev–Trinajstić information content (AvgIpc) is 3.28. The molecule has 0 saturated carbocycles. The number of Topliss-reactive ketones (excluding diaryl/α,β-unsaturated/α-hetero) is 1. The second-order valence-electron chi connectivity index (χ2n) is 9.06. The summed E-state index contributed by atoms with van der Waals surface area (Å²) in [5.41, 5.74) is 3.96. The third-order valence-electron chi connectivity index (χ3n) is 6.22. The Labute approximate surface area is 211 Å². The first kappa shape index (κ1) is 25.0. The molecule has 184 valence electrons. The number of benzene rings is 2. The van der Waals surface area contributed by atoms with Crippen molar-refractivity contribution in [3.05, 3.63) is 65.2 Å². The van der Waals surface area contributed by atoms with E-state index < -0.39 is 0 Å². The van der Waals surface area contributed by atoms with E-state index in [9.17, 15) is 9.59 Å². The Balaban J connectivity index is 1.51. The number of aryl methyl sites for hydroxylation is 1. The second kappa shape index (κ2) is 11.5. The van der Waals surface area contributed by atoms with Gasteiger partial charge >= 0.3 is 0 Å². The van der Waals surface area contributed by atoms with Gasteiger partial charge in [-0.3, -0.25) is 14.2 Å². The van der Waals surface area contributed by atoms with Crippen LogP contribution in [0.25, 0.3) is 5.69 Å². The minimum Gasteiger partial charge on any atom is -0.356 e. The molecule has 1 aromatic heterocycles. The summed E-state index contributed by atoms with van der Waals surface area (Å²) < 4.78 is 2.09. The third kappa shape index (κ3) is 6.31. The number of hydrogen-bond donors (Lipinski definition) is 1. The van der Waals surface area contributed by atoms with E-state index in [1.807, 2.05) is 31.2 Å². The molecule has 2 heterocycles. The molecule has 3 aromatic rings. The van der Waals surface area contributed by atoms with Crippen LogP contribution in [0.15, 0.2) is 53.7 Å². The quantitative estimate of drug-likeness (QED) is 0.348. The van der Waals surface area contributed by atoms with Gasteiger partial charge in [-0.2, -0.15) is 0 Å². The number of carbonyl (C=O) groups excluding carboxylic acids is 2. The van der Waals surface area contributed by atoms with Crippen molar-refractivity contribution in [2.45, 2.75) is 56.9 Å². The maximum atomic E-state index is 13.2. The lowest BCUT2D eigenvalue weighted by molar-refractivity contribution is -0.118. The highest BCUT2D eigenvalue weighted by atomic mass is 32.2. The molecule has 2 aromatic carbocycles. The van der Waals surface area contributed by atoms with Gasteiger partial charge in [0.15, 0.2) is 10.9 Å². The van der Waals surface area contributed by atoms with Crippen LogP contribution in [0.3, 0.4) is 0 Å². The van der Waals surface area contributed by atoms with Crippen LogP contribution in [0.1, 0.15) is 54.6 Å². The van der Waals surface area contributed by atoms with E-state index >= 15 is 0 Å². The van der Waals surface area contributed by atoms with Gasteiger partial charge in [-0.1, -0.05) is 53.7 Å². The smallest absolute Gasteiger partial charge is 0.232 e. The number of nitrogens with one attached hydrogen (secondary N) is 1. The van der Waals surface area contributed by atoms with Crippen LogP contribution in [-0.2, 0) is 11.2 Å². The molecule has 0 bridgehead atoms. The van der Waals surface area contributed by atoms with Crippen LogP contribution in [0.2, 0.25) is 0 Å². The van der Waals surface area contributed by atoms with Crippen molar-refractivity contribution in [1.29, 1.82) is 0 Å². The first-order valence-electron chi connectivity index (χ1n) is 12.2. The Morgan fingerprint density at radius 2 is 1.69 bits per heavy atom. The molecule has 1 amide bonds. The SMILES string of the molecule is CC(=O)NCCc1ccc(C(=O)C(C)Sc2nnc(N3CCCCC3)n2-c2ccc(C)cc2)cc1. The molecule has 1 aliphatic heterocycles. The molecule has 0 radical (unpaired) electrons. The van der Waals surface area contributed by atoms with Gasteiger partial charge in [-0.25, -0.2) is 0 Å². The molecule has 1 atom stereocenters. The average molecular weight is 492 g/mol. The van der Waals surface area contributed by atoms with Gasteiger partial charge in [0.25, 0.3) is 0 Å². The minimum absolute atomic E-state index is 0.0374. The molecule has 1 N–H and O–H groups in total. The highest BCUT2D eigenvalue weighted by molar-refractivity contribution is 8.00. The molecule has 1 unspecified atom stereocenters. The summed E-state index contributed by atoms with van der Waals surface area (Å²) in [7, 11) is 0. The van der Waals surface area contributed by atoms with Crippen molar-refractivity contribution in [3.63, 3.8) is 0 Å². The summed E-state index contributed by atoms with van der Waals surface area (Å²) in [5.74, 6) is 0.866. The summed E-state index contributed by atoms with van der Waals surface area (Å²) in [6.45, 7) is 8.03. The molecular formula is C27H33N5O2S. The van der Waals surface area contributed by atoms with E-state index in [2.05, 4.69) is 56.2 Å². The van der Waals surface area contributed by atoms with Gasteiger partial charge in [-0.15, -0.1) is 10.2 Å². The van der Waals surface area contributed by atoms with E-state index in [0.717, 1.165) is 54.7 Å². The van der Waals surface area contributed by atoms with Crippen LogP contribution >= 0.6 is 11.8 Å². The Kier molecular flexibility index (Phi) is 8.23. The van der Waals surface area contributed by atoms with Crippen molar-refractivity contribution in [3.8, 4) is 5.69 Å². The summed E-state index contributed by atoms with van der Waals surface area (Å²) in [6, 6.07) is 16.0. The van der Waals surface area contributed by atoms with E-state index in [1.165, 1.54) is 30.7 Å². The van der Waals surface area contributed by atoms with Crippen molar-refractivity contribution in [2.75, 3.05) is 24.5 Å². The fraction of sp³-hybridized carbons (Fsp3) is 0.407. The summed E-state index contributed by atoms with van der Waals surface area (Å²) in [4.78, 5) is 26.6. The summed E-state index contributed by atoms with van der Waals surface area (Å²) >= 11 is 1.44. The van der Waals surface area contributed by atoms with Crippen molar-refractivity contribution in [1.82, 2.24) is 20.1 Å². The Bertz CT molecular complexity index is 1150. The van der Waals surface area contributed by atoms with Gasteiger partial charge in [0.2, 0.25) is 11.9 Å². The zero-order chi connectivity index (χ0) is 24.8. The molecule has 1 fully saturated rings. The normalized spacial score (nSPS) is 14.5. The molecule has 4 rings (SSSR count). The molecule has 1 aliphatic rings. The fourth-order valence-corrected chi connectivity index (χ4v) is 5.16. The molecule has 0 spiro atoms. The number of hydrogen-bond acceptors (Lipinski definition) is 6. The first-order chi connectivity index (χ1) is 16.9. The number of ketones is 1. The highest BCUT2D eigenvalue weighted by Crippen LogP contribution is 2.31. The van der Waals surface area contributed by atoms with Gasteiger partial charge in [0, 0.05) is 32.1 Å². The van der Waals surface area contributed by atoms with Crippen molar-refractivity contribution >= 4 is 29.4 Å². The van der Waals surface area contributed by atoms with Crippen LogP contribution in [0.4, 0.5) is 5.95 Å². The molecule has 35 heavy (non-hydrogen) atoms. The zero-order valence-electron chi connectivity index (χ0n) is 20.7. The predicted octanol–water partition coefficient (Wildman–Crippen LogP) is 4.61. The van der Waals surface area contributed by atoms with Crippen molar-refractivity contribution < 1.29 is 9.59 Å². The number of thioether (sulfide) groups is 1. The number of anilines is 1. The fourth-order valence-electron chi connectivity index (χ4n) is 4.22. The standard InChI is InChI=1S/C27H33N5O2S/c1-19-7-13-24(14-8-19)32-26(31-17-5-4-6-18-31)29-30-27(32)35-20(2)25(34)23-11-9-22(10-12-23)15-16-28-21(3)33/h7-14,20H,4-6,15-18H2,1-3H3,(H,28,33). The topological polar surface area (TPSA) is 80.1 Å². The number of piperidine rings is 1. The van der Waals surface area contributed by atoms with Crippen LogP contribution in [-0.4, -0.2) is 51.3 Å². The first-order valence-corrected chi connectivity index (χ1v) is 13.1. The molecule has 1 saturated heterocycles. The number of carbonyl (C=O) groups is 2. The predicted molar refractivity (Wildman–Crippen MR) is 141 cm³/mol. The minimum atomic E-state index is -0.317. The number of rotatable bonds is 9. The van der Waals surface area contributed by atoms with E-state index in [-0.39, 0.29) is 16.9 Å². The largest absolute Gasteiger partial charge is 0.356 e. The Morgan fingerprint density at radius 1 is 1.00 bits per heavy atom. The number of nitrogens with zero attached hydrogens (tertiary/aromatic N) is 4. The molecule has 0 aliphatic carbocycles. The Morgan fingerprint density at radius 3 is 2.34 bits per heavy atom.